The Balaban J connectivity index is 1.42. The van der Waals surface area contributed by atoms with E-state index in [0.717, 1.165) is 44.5 Å². The molecule has 1 aliphatic heterocycles. The molecule has 128 valence electrons. The zero-order valence-corrected chi connectivity index (χ0v) is 14.0. The Morgan fingerprint density at radius 1 is 1.09 bits per heavy atom. The minimum Gasteiger partial charge on any atom is -0.491 e. The van der Waals surface area contributed by atoms with Crippen molar-refractivity contribution in [2.24, 2.45) is 0 Å². The van der Waals surface area contributed by atoms with Gasteiger partial charge in [-0.25, -0.2) is 0 Å². The monoisotopic (exact) mass is 320 g/mol. The Labute approximate surface area is 139 Å². The van der Waals surface area contributed by atoms with Gasteiger partial charge < -0.3 is 19.5 Å². The number of ether oxygens (including phenoxy) is 2. The molecule has 0 aromatic heterocycles. The van der Waals surface area contributed by atoms with Gasteiger partial charge in [-0.1, -0.05) is 31.4 Å². The van der Waals surface area contributed by atoms with Crippen molar-refractivity contribution in [3.05, 3.63) is 29.8 Å². The van der Waals surface area contributed by atoms with Crippen LogP contribution in [0.1, 0.15) is 43.6 Å². The molecule has 0 radical (unpaired) electrons. The van der Waals surface area contributed by atoms with Gasteiger partial charge in [0.05, 0.1) is 13.2 Å². The number of morpholine rings is 1. The minimum absolute atomic E-state index is 0.368. The first-order valence-electron chi connectivity index (χ1n) is 9.13. The molecule has 1 saturated heterocycles. The molecular formula is C19H30NO3+. The van der Waals surface area contributed by atoms with Crippen LogP contribution in [0.3, 0.4) is 0 Å². The number of hydrogen-bond acceptors (Lipinski definition) is 3. The molecular weight excluding hydrogens is 290 g/mol. The normalized spacial score (nSPS) is 22.0. The summed E-state index contributed by atoms with van der Waals surface area (Å²) in [7, 11) is 0. The number of hydrogen-bond donors (Lipinski definition) is 2. The molecule has 3 rings (SSSR count). The lowest BCUT2D eigenvalue weighted by Crippen LogP contribution is -3.15. The summed E-state index contributed by atoms with van der Waals surface area (Å²) in [5, 5.41) is 10.1. The molecule has 2 fully saturated rings. The average Bonchev–Trinajstić information content (AvgIpc) is 2.62. The van der Waals surface area contributed by atoms with Gasteiger partial charge in [-0.05, 0) is 36.5 Å². The topological polar surface area (TPSA) is 43.1 Å². The van der Waals surface area contributed by atoms with Crippen molar-refractivity contribution in [3.63, 3.8) is 0 Å². The molecule has 0 unspecified atom stereocenters. The maximum absolute atomic E-state index is 10.1. The van der Waals surface area contributed by atoms with E-state index in [-0.39, 0.29) is 0 Å². The molecule has 1 aromatic rings. The molecule has 1 aromatic carbocycles. The van der Waals surface area contributed by atoms with Crippen LogP contribution in [0.2, 0.25) is 0 Å². The van der Waals surface area contributed by atoms with E-state index in [1.807, 2.05) is 0 Å². The predicted molar refractivity (Wildman–Crippen MR) is 90.2 cm³/mol. The van der Waals surface area contributed by atoms with Crippen LogP contribution in [0.25, 0.3) is 0 Å². The van der Waals surface area contributed by atoms with Crippen LogP contribution in [0.15, 0.2) is 24.3 Å². The van der Waals surface area contributed by atoms with Gasteiger partial charge >= 0.3 is 0 Å². The van der Waals surface area contributed by atoms with Gasteiger partial charge in [0, 0.05) is 0 Å². The third kappa shape index (κ3) is 5.20. The van der Waals surface area contributed by atoms with Crippen LogP contribution in [0, 0.1) is 0 Å². The Kier molecular flexibility index (Phi) is 6.31. The van der Waals surface area contributed by atoms with Crippen molar-refractivity contribution < 1.29 is 19.5 Å². The molecule has 23 heavy (non-hydrogen) atoms. The van der Waals surface area contributed by atoms with Crippen molar-refractivity contribution in [2.45, 2.75) is 44.1 Å². The third-order valence-corrected chi connectivity index (χ3v) is 5.12. The summed E-state index contributed by atoms with van der Waals surface area (Å²) < 4.78 is 11.1. The summed E-state index contributed by atoms with van der Waals surface area (Å²) in [6.45, 7) is 4.66. The Hall–Kier alpha value is -1.10. The molecule has 4 nitrogen and oxygen atoms in total. The van der Waals surface area contributed by atoms with Crippen molar-refractivity contribution in [2.75, 3.05) is 39.5 Å². The van der Waals surface area contributed by atoms with Gasteiger partial charge in [0.2, 0.25) is 0 Å². The SMILES string of the molecule is O[C@@H](COc1ccc(C2CCCCC2)cc1)C[NH+]1CCOCC1. The fourth-order valence-corrected chi connectivity index (χ4v) is 3.72. The zero-order chi connectivity index (χ0) is 15.9. The first-order valence-corrected chi connectivity index (χ1v) is 9.13. The lowest BCUT2D eigenvalue weighted by atomic mass is 9.84. The lowest BCUT2D eigenvalue weighted by molar-refractivity contribution is -0.911. The lowest BCUT2D eigenvalue weighted by Gasteiger charge is -2.25. The predicted octanol–water partition coefficient (Wildman–Crippen LogP) is 1.39. The van der Waals surface area contributed by atoms with Crippen LogP contribution in [0.5, 0.6) is 5.75 Å². The summed E-state index contributed by atoms with van der Waals surface area (Å²) >= 11 is 0. The van der Waals surface area contributed by atoms with Gasteiger partial charge in [-0.2, -0.15) is 0 Å². The second-order valence-corrected chi connectivity index (χ2v) is 6.94. The quantitative estimate of drug-likeness (QED) is 0.832. The first kappa shape index (κ1) is 16.7. The zero-order valence-electron chi connectivity index (χ0n) is 14.0. The highest BCUT2D eigenvalue weighted by molar-refractivity contribution is 5.29. The van der Waals surface area contributed by atoms with Gasteiger partial charge in [0.1, 0.15) is 38.1 Å². The average molecular weight is 320 g/mol. The Morgan fingerprint density at radius 2 is 1.78 bits per heavy atom. The number of aliphatic hydroxyl groups is 1. The van der Waals surface area contributed by atoms with E-state index in [1.165, 1.54) is 42.6 Å². The molecule has 2 aliphatic rings. The maximum Gasteiger partial charge on any atom is 0.137 e. The molecule has 0 spiro atoms. The molecule has 1 saturated carbocycles. The molecule has 1 aliphatic carbocycles. The van der Waals surface area contributed by atoms with E-state index >= 15 is 0 Å². The van der Waals surface area contributed by atoms with E-state index in [4.69, 9.17) is 9.47 Å². The molecule has 0 amide bonds. The maximum atomic E-state index is 10.1. The molecule has 4 heteroatoms. The summed E-state index contributed by atoms with van der Waals surface area (Å²) in [6, 6.07) is 8.51. The second-order valence-electron chi connectivity index (χ2n) is 6.94. The fraction of sp³-hybridized carbons (Fsp3) is 0.684. The largest absolute Gasteiger partial charge is 0.491 e. The number of benzene rings is 1. The van der Waals surface area contributed by atoms with Crippen LogP contribution in [-0.4, -0.2) is 50.7 Å². The fourth-order valence-electron chi connectivity index (χ4n) is 3.72. The van der Waals surface area contributed by atoms with E-state index in [2.05, 4.69) is 24.3 Å². The summed E-state index contributed by atoms with van der Waals surface area (Å²) in [5.41, 5.74) is 1.44. The Bertz CT molecular complexity index is 450. The van der Waals surface area contributed by atoms with Gasteiger partial charge in [0.15, 0.2) is 0 Å². The number of aliphatic hydroxyl groups excluding tert-OH is 1. The van der Waals surface area contributed by atoms with Gasteiger partial charge in [-0.3, -0.25) is 0 Å². The second kappa shape index (κ2) is 8.67. The summed E-state index contributed by atoms with van der Waals surface area (Å²) in [5.74, 6) is 1.59. The van der Waals surface area contributed by atoms with E-state index in [1.54, 1.807) is 0 Å². The Morgan fingerprint density at radius 3 is 2.48 bits per heavy atom. The van der Waals surface area contributed by atoms with Crippen LogP contribution in [0.4, 0.5) is 0 Å². The number of quaternary nitrogens is 1. The summed E-state index contributed by atoms with van der Waals surface area (Å²) in [6.07, 6.45) is 6.34. The van der Waals surface area contributed by atoms with Gasteiger partial charge in [0.25, 0.3) is 0 Å². The van der Waals surface area contributed by atoms with Crippen LogP contribution in [-0.2, 0) is 4.74 Å². The first-order chi connectivity index (χ1) is 11.3. The van der Waals surface area contributed by atoms with E-state index in [0.29, 0.717) is 6.61 Å². The highest BCUT2D eigenvalue weighted by atomic mass is 16.5. The standard InChI is InChI=1S/C19H29NO3/c21-18(14-20-10-12-22-13-11-20)15-23-19-8-6-17(7-9-19)16-4-2-1-3-5-16/h6-9,16,18,21H,1-5,10-15H2/p+1/t18-/m1/s1. The highest BCUT2D eigenvalue weighted by Crippen LogP contribution is 2.33. The number of nitrogens with one attached hydrogen (secondary N) is 1. The van der Waals surface area contributed by atoms with Crippen molar-refractivity contribution >= 4 is 0 Å². The van der Waals surface area contributed by atoms with E-state index in [9.17, 15) is 5.11 Å². The van der Waals surface area contributed by atoms with E-state index < -0.39 is 6.10 Å². The molecule has 2 N–H and O–H groups in total. The van der Waals surface area contributed by atoms with Gasteiger partial charge in [-0.15, -0.1) is 0 Å². The molecule has 0 bridgehead atoms. The van der Waals surface area contributed by atoms with Crippen molar-refractivity contribution in [3.8, 4) is 5.75 Å². The smallest absolute Gasteiger partial charge is 0.137 e. The van der Waals surface area contributed by atoms with Crippen molar-refractivity contribution in [1.82, 2.24) is 0 Å². The molecule has 1 atom stereocenters. The number of rotatable bonds is 6. The minimum atomic E-state index is -0.416. The molecule has 1 heterocycles. The third-order valence-electron chi connectivity index (χ3n) is 5.12. The van der Waals surface area contributed by atoms with Crippen LogP contribution >= 0.6 is 0 Å². The van der Waals surface area contributed by atoms with Crippen LogP contribution < -0.4 is 9.64 Å². The summed E-state index contributed by atoms with van der Waals surface area (Å²) in [4.78, 5) is 1.40. The van der Waals surface area contributed by atoms with Crippen molar-refractivity contribution in [1.29, 1.82) is 0 Å². The highest BCUT2D eigenvalue weighted by Gasteiger charge is 2.19.